The number of ketones is 1. The molecule has 0 aliphatic carbocycles. The van der Waals surface area contributed by atoms with E-state index in [1.54, 1.807) is 6.20 Å². The minimum absolute atomic E-state index is 0.0330. The smallest absolute Gasteiger partial charge is 0.165 e. The van der Waals surface area contributed by atoms with Crippen LogP contribution < -0.4 is 0 Å². The van der Waals surface area contributed by atoms with Crippen molar-refractivity contribution in [2.45, 2.75) is 18.4 Å². The summed E-state index contributed by atoms with van der Waals surface area (Å²) in [5.74, 6) is 0.450. The van der Waals surface area contributed by atoms with Crippen LogP contribution in [0.25, 0.3) is 0 Å². The Labute approximate surface area is 101 Å². The van der Waals surface area contributed by atoms with Crippen LogP contribution in [0.4, 0.5) is 0 Å². The van der Waals surface area contributed by atoms with Crippen molar-refractivity contribution in [3.8, 4) is 0 Å². The fraction of sp³-hybridized carbons (Fsp3) is 0.231. The molecule has 0 saturated carbocycles. The number of aromatic nitrogens is 1. The maximum absolute atomic E-state index is 10.8. The largest absolute Gasteiger partial charge is 0.294 e. The fourth-order valence-corrected chi connectivity index (χ4v) is 1.35. The maximum atomic E-state index is 10.8. The Balaban J connectivity index is 0.000000487. The number of hydrogen-bond donors (Lipinski definition) is 0. The van der Waals surface area contributed by atoms with Crippen LogP contribution in [0.3, 0.4) is 0 Å². The summed E-state index contributed by atoms with van der Waals surface area (Å²) in [6, 6.07) is 5.62. The average molecular weight is 235 g/mol. The Morgan fingerprint density at radius 2 is 2.19 bits per heavy atom. The molecule has 0 unspecified atom stereocenters. The highest BCUT2D eigenvalue weighted by Gasteiger charge is 1.97. The summed E-state index contributed by atoms with van der Waals surface area (Å²) < 4.78 is 0. The Morgan fingerprint density at radius 3 is 2.62 bits per heavy atom. The molecule has 0 aliphatic heterocycles. The fourth-order valence-electron chi connectivity index (χ4n) is 0.636. The number of carbonyl (C=O) groups is 1. The minimum atomic E-state index is 0.0330. The molecule has 0 saturated heterocycles. The zero-order chi connectivity index (χ0) is 12.2. The summed E-state index contributed by atoms with van der Waals surface area (Å²) in [7, 11) is 0. The van der Waals surface area contributed by atoms with Crippen LogP contribution in [-0.4, -0.2) is 16.5 Å². The van der Waals surface area contributed by atoms with E-state index in [-0.39, 0.29) is 5.78 Å². The lowest BCUT2D eigenvalue weighted by molar-refractivity contribution is -0.112. The molecule has 0 aliphatic rings. The van der Waals surface area contributed by atoms with Gasteiger partial charge < -0.3 is 0 Å². The second-order valence-electron chi connectivity index (χ2n) is 2.82. The van der Waals surface area contributed by atoms with E-state index in [1.807, 2.05) is 24.3 Å². The second-order valence-corrected chi connectivity index (χ2v) is 3.82. The van der Waals surface area contributed by atoms with Gasteiger partial charge in [0.2, 0.25) is 0 Å². The molecule has 16 heavy (non-hydrogen) atoms. The van der Waals surface area contributed by atoms with Crippen molar-refractivity contribution in [3.63, 3.8) is 0 Å². The van der Waals surface area contributed by atoms with E-state index >= 15 is 0 Å². The summed E-state index contributed by atoms with van der Waals surface area (Å²) >= 11 is 1.42. The lowest BCUT2D eigenvalue weighted by atomic mass is 10.5. The highest BCUT2D eigenvalue weighted by atomic mass is 32.2. The van der Waals surface area contributed by atoms with E-state index in [4.69, 9.17) is 0 Å². The molecule has 1 aromatic rings. The zero-order valence-electron chi connectivity index (χ0n) is 9.56. The monoisotopic (exact) mass is 235 g/mol. The van der Waals surface area contributed by atoms with Gasteiger partial charge in [-0.15, -0.1) is 6.58 Å². The van der Waals surface area contributed by atoms with Gasteiger partial charge in [0.15, 0.2) is 5.78 Å². The first kappa shape index (κ1) is 14.6. The highest BCUT2D eigenvalue weighted by Crippen LogP contribution is 2.13. The predicted octanol–water partition coefficient (Wildman–Crippen LogP) is 3.51. The first-order valence-corrected chi connectivity index (χ1v) is 6.03. The van der Waals surface area contributed by atoms with Crippen LogP contribution in [0, 0.1) is 0 Å². The molecule has 0 spiro atoms. The molecule has 86 valence electrons. The normalized spacial score (nSPS) is 8.56. The second kappa shape index (κ2) is 10.2. The van der Waals surface area contributed by atoms with E-state index < -0.39 is 0 Å². The average Bonchev–Trinajstić information content (AvgIpc) is 2.37. The molecule has 3 heteroatoms. The minimum Gasteiger partial charge on any atom is -0.294 e. The van der Waals surface area contributed by atoms with E-state index in [2.05, 4.69) is 25.1 Å². The van der Waals surface area contributed by atoms with Crippen LogP contribution in [0.1, 0.15) is 13.3 Å². The molecular formula is C13H17NOS. The number of allylic oxidation sites excluding steroid dienone is 2. The van der Waals surface area contributed by atoms with E-state index in [9.17, 15) is 4.79 Å². The highest BCUT2D eigenvalue weighted by molar-refractivity contribution is 7.99. The summed E-state index contributed by atoms with van der Waals surface area (Å²) in [5.41, 5.74) is 0. The van der Waals surface area contributed by atoms with Crippen molar-refractivity contribution in [1.29, 1.82) is 0 Å². The van der Waals surface area contributed by atoms with Crippen LogP contribution in [-0.2, 0) is 4.79 Å². The van der Waals surface area contributed by atoms with Crippen molar-refractivity contribution >= 4 is 17.5 Å². The van der Waals surface area contributed by atoms with Gasteiger partial charge in [0.25, 0.3) is 0 Å². The van der Waals surface area contributed by atoms with Crippen molar-refractivity contribution in [1.82, 2.24) is 4.98 Å². The molecule has 1 rings (SSSR count). The Hall–Kier alpha value is -1.35. The Bertz CT molecular complexity index is 322. The van der Waals surface area contributed by atoms with E-state index in [0.717, 1.165) is 11.4 Å². The number of thioether (sulfide) groups is 1. The van der Waals surface area contributed by atoms with Crippen LogP contribution in [0.15, 0.2) is 54.7 Å². The predicted molar refractivity (Wildman–Crippen MR) is 70.7 cm³/mol. The molecule has 0 N–H and O–H groups in total. The lowest BCUT2D eigenvalue weighted by Crippen LogP contribution is -1.95. The van der Waals surface area contributed by atoms with Gasteiger partial charge in [-0.25, -0.2) is 4.98 Å². The quantitative estimate of drug-likeness (QED) is 0.444. The zero-order valence-corrected chi connectivity index (χ0v) is 10.4. The standard InChI is InChI=1S/C9H9NOS.C4H8/c1-2-8(11)7-12-9-5-3-4-6-10-9;1-3-4-2/h2-6H,1,7H2;3H,1,4H2,2H3. The molecule has 1 heterocycles. The molecule has 2 nitrogen and oxygen atoms in total. The summed E-state index contributed by atoms with van der Waals surface area (Å²) in [6.45, 7) is 8.93. The first-order valence-electron chi connectivity index (χ1n) is 5.04. The summed E-state index contributed by atoms with van der Waals surface area (Å²) in [6.07, 6.45) is 6.00. The molecular weight excluding hydrogens is 218 g/mol. The third-order valence-electron chi connectivity index (χ3n) is 1.52. The van der Waals surface area contributed by atoms with Gasteiger partial charge in [-0.3, -0.25) is 4.79 Å². The molecule has 0 atom stereocenters. The van der Waals surface area contributed by atoms with Gasteiger partial charge in [0.05, 0.1) is 10.8 Å². The maximum Gasteiger partial charge on any atom is 0.165 e. The topological polar surface area (TPSA) is 30.0 Å². The Morgan fingerprint density at radius 1 is 1.50 bits per heavy atom. The Kier molecular flexibility index (Phi) is 9.32. The summed E-state index contributed by atoms with van der Waals surface area (Å²) in [4.78, 5) is 14.9. The third kappa shape index (κ3) is 8.00. The van der Waals surface area contributed by atoms with Gasteiger partial charge in [-0.1, -0.05) is 37.4 Å². The first-order chi connectivity index (χ1) is 7.74. The van der Waals surface area contributed by atoms with Crippen molar-refractivity contribution in [3.05, 3.63) is 49.7 Å². The number of hydrogen-bond acceptors (Lipinski definition) is 3. The molecule has 1 aromatic heterocycles. The van der Waals surface area contributed by atoms with Crippen LogP contribution >= 0.6 is 11.8 Å². The number of rotatable bonds is 5. The number of nitrogens with zero attached hydrogens (tertiary/aromatic N) is 1. The SMILES string of the molecule is C=CC(=O)CSc1ccccn1.C=CCC. The van der Waals surface area contributed by atoms with E-state index in [1.165, 1.54) is 17.8 Å². The van der Waals surface area contributed by atoms with Crippen molar-refractivity contribution < 1.29 is 4.79 Å². The molecule has 0 fully saturated rings. The van der Waals surface area contributed by atoms with E-state index in [0.29, 0.717) is 5.75 Å². The van der Waals surface area contributed by atoms with Crippen LogP contribution in [0.5, 0.6) is 0 Å². The number of carbonyl (C=O) groups excluding carboxylic acids is 1. The van der Waals surface area contributed by atoms with Gasteiger partial charge in [0, 0.05) is 6.20 Å². The van der Waals surface area contributed by atoms with Crippen LogP contribution in [0.2, 0.25) is 0 Å². The molecule has 0 amide bonds. The summed E-state index contributed by atoms with van der Waals surface area (Å²) in [5, 5.41) is 0.868. The van der Waals surface area contributed by atoms with Gasteiger partial charge in [0.1, 0.15) is 0 Å². The lowest BCUT2D eigenvalue weighted by Gasteiger charge is -1.95. The molecule has 0 aromatic carbocycles. The molecule has 0 bridgehead atoms. The van der Waals surface area contributed by atoms with Crippen molar-refractivity contribution in [2.75, 3.05) is 5.75 Å². The van der Waals surface area contributed by atoms with Crippen molar-refractivity contribution in [2.24, 2.45) is 0 Å². The third-order valence-corrected chi connectivity index (χ3v) is 2.48. The molecule has 0 radical (unpaired) electrons. The van der Waals surface area contributed by atoms with Gasteiger partial charge in [-0.2, -0.15) is 0 Å². The van der Waals surface area contributed by atoms with Gasteiger partial charge >= 0.3 is 0 Å². The number of pyridine rings is 1. The van der Waals surface area contributed by atoms with Gasteiger partial charge in [-0.05, 0) is 24.6 Å².